The van der Waals surface area contributed by atoms with Crippen molar-refractivity contribution in [2.45, 2.75) is 26.4 Å². The molecule has 2 atom stereocenters. The Morgan fingerprint density at radius 3 is 2.93 bits per heavy atom. The Bertz CT molecular complexity index is 320. The van der Waals surface area contributed by atoms with Crippen LogP contribution >= 0.6 is 0 Å². The summed E-state index contributed by atoms with van der Waals surface area (Å²) in [7, 11) is 0. The molecular weight excluding hydrogens is 188 g/mol. The maximum Gasteiger partial charge on any atom is 0.119 e. The molecule has 2 rings (SSSR count). The van der Waals surface area contributed by atoms with Crippen molar-refractivity contribution in [3.63, 3.8) is 0 Å². The van der Waals surface area contributed by atoms with E-state index in [0.29, 0.717) is 18.6 Å². The fourth-order valence-electron chi connectivity index (χ4n) is 1.82. The van der Waals surface area contributed by atoms with Crippen LogP contribution in [0.1, 0.15) is 18.9 Å². The summed E-state index contributed by atoms with van der Waals surface area (Å²) in [6, 6.07) is 8.14. The van der Waals surface area contributed by atoms with Crippen molar-refractivity contribution in [3.05, 3.63) is 29.8 Å². The zero-order chi connectivity index (χ0) is 10.7. The summed E-state index contributed by atoms with van der Waals surface area (Å²) >= 11 is 0. The minimum atomic E-state index is 0.301. The molecule has 1 aromatic rings. The van der Waals surface area contributed by atoms with Crippen LogP contribution in [0.25, 0.3) is 0 Å². The maximum atomic E-state index is 5.70. The van der Waals surface area contributed by atoms with Crippen LogP contribution < -0.4 is 4.74 Å². The Morgan fingerprint density at radius 2 is 2.33 bits per heavy atom. The van der Waals surface area contributed by atoms with E-state index in [1.165, 1.54) is 12.0 Å². The van der Waals surface area contributed by atoms with Crippen LogP contribution in [0.4, 0.5) is 0 Å². The monoisotopic (exact) mass is 206 g/mol. The molecule has 1 heterocycles. The van der Waals surface area contributed by atoms with Crippen LogP contribution in [0.3, 0.4) is 0 Å². The lowest BCUT2D eigenvalue weighted by molar-refractivity contribution is -0.131. The summed E-state index contributed by atoms with van der Waals surface area (Å²) in [6.07, 6.45) is 1.48. The molecule has 0 amide bonds. The molecule has 82 valence electrons. The van der Waals surface area contributed by atoms with E-state index in [1.54, 1.807) is 0 Å². The van der Waals surface area contributed by atoms with Crippen LogP contribution in [-0.2, 0) is 4.74 Å². The molecule has 2 unspecified atom stereocenters. The van der Waals surface area contributed by atoms with Crippen LogP contribution in [-0.4, -0.2) is 19.3 Å². The fourth-order valence-corrected chi connectivity index (χ4v) is 1.82. The Balaban J connectivity index is 1.83. The molecule has 15 heavy (non-hydrogen) atoms. The predicted molar refractivity (Wildman–Crippen MR) is 60.2 cm³/mol. The zero-order valence-corrected chi connectivity index (χ0v) is 9.40. The number of hydrogen-bond acceptors (Lipinski definition) is 2. The van der Waals surface area contributed by atoms with Gasteiger partial charge in [-0.1, -0.05) is 19.1 Å². The first-order valence-electron chi connectivity index (χ1n) is 5.60. The van der Waals surface area contributed by atoms with Crippen molar-refractivity contribution in [1.82, 2.24) is 0 Å². The number of benzene rings is 1. The quantitative estimate of drug-likeness (QED) is 0.754. The van der Waals surface area contributed by atoms with Crippen LogP contribution in [0.5, 0.6) is 5.75 Å². The van der Waals surface area contributed by atoms with Gasteiger partial charge in [-0.15, -0.1) is 0 Å². The first-order chi connectivity index (χ1) is 7.29. The van der Waals surface area contributed by atoms with Gasteiger partial charge in [0, 0.05) is 5.92 Å². The van der Waals surface area contributed by atoms with Crippen molar-refractivity contribution >= 4 is 0 Å². The molecule has 2 nitrogen and oxygen atoms in total. The average molecular weight is 206 g/mol. The van der Waals surface area contributed by atoms with Crippen LogP contribution in [0.15, 0.2) is 24.3 Å². The molecule has 1 saturated heterocycles. The topological polar surface area (TPSA) is 18.5 Å². The second-order valence-electron chi connectivity index (χ2n) is 4.17. The molecule has 2 heteroatoms. The Morgan fingerprint density at radius 1 is 1.47 bits per heavy atom. The fraction of sp³-hybridized carbons (Fsp3) is 0.538. The van der Waals surface area contributed by atoms with Gasteiger partial charge >= 0.3 is 0 Å². The molecule has 0 bridgehead atoms. The van der Waals surface area contributed by atoms with Gasteiger partial charge in [0.1, 0.15) is 12.4 Å². The molecule has 0 spiro atoms. The number of rotatable bonds is 4. The van der Waals surface area contributed by atoms with E-state index >= 15 is 0 Å². The molecule has 0 N–H and O–H groups in total. The number of hydrogen-bond donors (Lipinski definition) is 0. The maximum absolute atomic E-state index is 5.70. The molecule has 0 aromatic heterocycles. The molecular formula is C13H18O2. The Kier molecular flexibility index (Phi) is 3.27. The highest BCUT2D eigenvalue weighted by atomic mass is 16.5. The average Bonchev–Trinajstić information content (AvgIpc) is 2.17. The van der Waals surface area contributed by atoms with E-state index in [2.05, 4.69) is 26.0 Å². The van der Waals surface area contributed by atoms with Crippen molar-refractivity contribution in [1.29, 1.82) is 0 Å². The summed E-state index contributed by atoms with van der Waals surface area (Å²) in [6.45, 7) is 5.86. The van der Waals surface area contributed by atoms with E-state index in [1.807, 2.05) is 12.1 Å². The van der Waals surface area contributed by atoms with Gasteiger partial charge in [-0.3, -0.25) is 0 Å². The molecule has 0 aliphatic carbocycles. The lowest BCUT2D eigenvalue weighted by Gasteiger charge is -2.35. The van der Waals surface area contributed by atoms with E-state index < -0.39 is 0 Å². The van der Waals surface area contributed by atoms with Crippen LogP contribution in [0.2, 0.25) is 0 Å². The number of ether oxygens (including phenoxy) is 2. The van der Waals surface area contributed by atoms with Gasteiger partial charge in [-0.05, 0) is 31.0 Å². The summed E-state index contributed by atoms with van der Waals surface area (Å²) in [5.41, 5.74) is 1.23. The van der Waals surface area contributed by atoms with Crippen molar-refractivity contribution < 1.29 is 9.47 Å². The third-order valence-electron chi connectivity index (χ3n) is 2.98. The number of aryl methyl sites for hydroxylation is 1. The minimum Gasteiger partial charge on any atom is -0.491 e. The third-order valence-corrected chi connectivity index (χ3v) is 2.98. The molecule has 1 aromatic carbocycles. The highest BCUT2D eigenvalue weighted by Gasteiger charge is 2.30. The second kappa shape index (κ2) is 4.67. The highest BCUT2D eigenvalue weighted by Crippen LogP contribution is 2.24. The second-order valence-corrected chi connectivity index (χ2v) is 4.17. The highest BCUT2D eigenvalue weighted by molar-refractivity contribution is 5.27. The molecule has 1 fully saturated rings. The molecule has 0 radical (unpaired) electrons. The third kappa shape index (κ3) is 2.51. The van der Waals surface area contributed by atoms with Crippen molar-refractivity contribution in [3.8, 4) is 5.75 Å². The SMILES string of the molecule is CCC1COC1COc1cccc(C)c1. The molecule has 1 aliphatic rings. The molecule has 0 saturated carbocycles. The Hall–Kier alpha value is -1.02. The van der Waals surface area contributed by atoms with E-state index in [9.17, 15) is 0 Å². The van der Waals surface area contributed by atoms with Gasteiger partial charge in [0.05, 0.1) is 12.7 Å². The van der Waals surface area contributed by atoms with E-state index in [0.717, 1.165) is 12.4 Å². The van der Waals surface area contributed by atoms with Crippen LogP contribution in [0, 0.1) is 12.8 Å². The summed E-state index contributed by atoms with van der Waals surface area (Å²) in [5, 5.41) is 0. The van der Waals surface area contributed by atoms with Gasteiger partial charge in [0.25, 0.3) is 0 Å². The Labute approximate surface area is 91.2 Å². The van der Waals surface area contributed by atoms with E-state index in [-0.39, 0.29) is 0 Å². The smallest absolute Gasteiger partial charge is 0.119 e. The normalized spacial score (nSPS) is 24.7. The first kappa shape index (κ1) is 10.5. The molecule has 1 aliphatic heterocycles. The first-order valence-corrected chi connectivity index (χ1v) is 5.60. The largest absolute Gasteiger partial charge is 0.491 e. The predicted octanol–water partition coefficient (Wildman–Crippen LogP) is 2.80. The summed E-state index contributed by atoms with van der Waals surface area (Å²) in [5.74, 6) is 1.63. The summed E-state index contributed by atoms with van der Waals surface area (Å²) < 4.78 is 11.2. The lowest BCUT2D eigenvalue weighted by atomic mass is 9.96. The van der Waals surface area contributed by atoms with Crippen molar-refractivity contribution in [2.75, 3.05) is 13.2 Å². The zero-order valence-electron chi connectivity index (χ0n) is 9.40. The summed E-state index contributed by atoms with van der Waals surface area (Å²) in [4.78, 5) is 0. The van der Waals surface area contributed by atoms with E-state index in [4.69, 9.17) is 9.47 Å². The minimum absolute atomic E-state index is 0.301. The van der Waals surface area contributed by atoms with Gasteiger partial charge < -0.3 is 9.47 Å². The van der Waals surface area contributed by atoms with Gasteiger partial charge in [-0.2, -0.15) is 0 Å². The van der Waals surface area contributed by atoms with Gasteiger partial charge in [0.15, 0.2) is 0 Å². The standard InChI is InChI=1S/C13H18O2/c1-3-11-8-15-13(11)9-14-12-6-4-5-10(2)7-12/h4-7,11,13H,3,8-9H2,1-2H3. The van der Waals surface area contributed by atoms with Gasteiger partial charge in [-0.25, -0.2) is 0 Å². The van der Waals surface area contributed by atoms with Gasteiger partial charge in [0.2, 0.25) is 0 Å². The van der Waals surface area contributed by atoms with Crippen molar-refractivity contribution in [2.24, 2.45) is 5.92 Å². The lowest BCUT2D eigenvalue weighted by Crippen LogP contribution is -2.43.